The van der Waals surface area contributed by atoms with E-state index < -0.39 is 35.6 Å². The van der Waals surface area contributed by atoms with Crippen LogP contribution in [0.15, 0.2) is 0 Å². The lowest BCUT2D eigenvalue weighted by Gasteiger charge is -2.28. The second-order valence-corrected chi connectivity index (χ2v) is 8.46. The van der Waals surface area contributed by atoms with Crippen LogP contribution in [-0.4, -0.2) is 57.8 Å². The molecule has 1 aromatic rings. The molecule has 0 radical (unpaired) electrons. The van der Waals surface area contributed by atoms with Gasteiger partial charge in [-0.2, -0.15) is 0 Å². The summed E-state index contributed by atoms with van der Waals surface area (Å²) >= 11 is 0. The molecule has 0 bridgehead atoms. The fraction of sp³-hybridized carbons (Fsp3) is 0.619. The number of aromatic amines is 1. The number of Topliss-reactive ketones (excluding diaryl/α,β-unsaturated/α-hetero) is 2. The summed E-state index contributed by atoms with van der Waals surface area (Å²) in [4.78, 5) is 53.8. The second kappa shape index (κ2) is 8.39. The van der Waals surface area contributed by atoms with E-state index in [4.69, 9.17) is 9.47 Å². The van der Waals surface area contributed by atoms with Gasteiger partial charge in [-0.15, -0.1) is 0 Å². The molecule has 2 heterocycles. The number of rotatable bonds is 5. The molecule has 8 heteroatoms. The highest BCUT2D eigenvalue weighted by molar-refractivity contribution is 6.05. The summed E-state index contributed by atoms with van der Waals surface area (Å²) < 4.78 is 10.7. The number of ether oxygens (including phenoxy) is 2. The topological polar surface area (TPSA) is 106 Å². The lowest BCUT2D eigenvalue weighted by molar-refractivity contribution is -0.151. The van der Waals surface area contributed by atoms with Crippen LogP contribution in [-0.2, 0) is 14.3 Å². The van der Waals surface area contributed by atoms with Gasteiger partial charge in [0.2, 0.25) is 5.78 Å². The van der Waals surface area contributed by atoms with Crippen LogP contribution in [0.1, 0.15) is 79.6 Å². The first-order valence-corrected chi connectivity index (χ1v) is 9.78. The minimum absolute atomic E-state index is 0.140. The van der Waals surface area contributed by atoms with E-state index in [9.17, 15) is 19.2 Å². The van der Waals surface area contributed by atoms with Crippen molar-refractivity contribution in [3.05, 3.63) is 22.5 Å². The lowest BCUT2D eigenvalue weighted by Crippen LogP contribution is -2.45. The Hall–Kier alpha value is -2.64. The van der Waals surface area contributed by atoms with E-state index in [1.54, 1.807) is 34.6 Å². The summed E-state index contributed by atoms with van der Waals surface area (Å²) in [6, 6.07) is -0.778. The third-order valence-electron chi connectivity index (χ3n) is 4.85. The predicted octanol–water partition coefficient (Wildman–Crippen LogP) is 3.35. The molecule has 29 heavy (non-hydrogen) atoms. The molecule has 0 aliphatic carbocycles. The number of amides is 1. The van der Waals surface area contributed by atoms with Gasteiger partial charge in [0.25, 0.3) is 0 Å². The zero-order valence-corrected chi connectivity index (χ0v) is 18.2. The number of hydrogen-bond acceptors (Lipinski definition) is 6. The highest BCUT2D eigenvalue weighted by Gasteiger charge is 2.39. The number of nitrogens with one attached hydrogen (secondary N) is 1. The molecule has 1 aliphatic rings. The third kappa shape index (κ3) is 5.05. The van der Waals surface area contributed by atoms with E-state index in [0.29, 0.717) is 36.2 Å². The SMILES string of the molecule is CC(=O)c1c(C)[nH]c(C(=O)[C@H](C)OC(=O)[C@@H]2CCCN2C(=O)OC(C)(C)C)c1C. The normalized spacial score (nSPS) is 17.8. The first-order valence-electron chi connectivity index (χ1n) is 9.78. The van der Waals surface area contributed by atoms with Crippen LogP contribution in [0.5, 0.6) is 0 Å². The van der Waals surface area contributed by atoms with Crippen LogP contribution < -0.4 is 0 Å². The first-order chi connectivity index (χ1) is 13.3. The van der Waals surface area contributed by atoms with E-state index >= 15 is 0 Å². The number of ketones is 2. The summed E-state index contributed by atoms with van der Waals surface area (Å²) in [7, 11) is 0. The minimum Gasteiger partial charge on any atom is -0.453 e. The number of esters is 1. The average molecular weight is 406 g/mol. The molecule has 1 fully saturated rings. The highest BCUT2D eigenvalue weighted by atomic mass is 16.6. The van der Waals surface area contributed by atoms with Gasteiger partial charge in [-0.1, -0.05) is 0 Å². The van der Waals surface area contributed by atoms with Gasteiger partial charge in [-0.3, -0.25) is 14.5 Å². The van der Waals surface area contributed by atoms with Crippen molar-refractivity contribution in [2.75, 3.05) is 6.54 Å². The van der Waals surface area contributed by atoms with Crippen molar-refractivity contribution < 1.29 is 28.7 Å². The molecule has 1 saturated heterocycles. The molecule has 1 N–H and O–H groups in total. The Morgan fingerprint density at radius 1 is 1.17 bits per heavy atom. The van der Waals surface area contributed by atoms with Crippen molar-refractivity contribution in [2.24, 2.45) is 0 Å². The summed E-state index contributed by atoms with van der Waals surface area (Å²) in [6.45, 7) is 12.0. The number of carbonyl (C=O) groups is 4. The molecule has 1 aliphatic heterocycles. The highest BCUT2D eigenvalue weighted by Crippen LogP contribution is 2.24. The third-order valence-corrected chi connectivity index (χ3v) is 4.85. The maximum absolute atomic E-state index is 12.8. The predicted molar refractivity (Wildman–Crippen MR) is 106 cm³/mol. The minimum atomic E-state index is -1.06. The van der Waals surface area contributed by atoms with Crippen LogP contribution in [0.4, 0.5) is 4.79 Å². The van der Waals surface area contributed by atoms with Crippen molar-refractivity contribution in [3.63, 3.8) is 0 Å². The number of likely N-dealkylation sites (tertiary alicyclic amines) is 1. The summed E-state index contributed by atoms with van der Waals surface area (Å²) in [5, 5.41) is 0. The molecule has 2 atom stereocenters. The van der Waals surface area contributed by atoms with Gasteiger partial charge in [0.05, 0.1) is 5.69 Å². The molecule has 2 rings (SSSR count). The maximum Gasteiger partial charge on any atom is 0.411 e. The molecule has 0 unspecified atom stereocenters. The van der Waals surface area contributed by atoms with Gasteiger partial charge >= 0.3 is 12.1 Å². The Balaban J connectivity index is 2.10. The maximum atomic E-state index is 12.8. The molecule has 1 amide bonds. The fourth-order valence-corrected chi connectivity index (χ4v) is 3.58. The fourth-order valence-electron chi connectivity index (χ4n) is 3.58. The molecule has 0 saturated carbocycles. The van der Waals surface area contributed by atoms with Gasteiger partial charge in [-0.05, 0) is 66.9 Å². The van der Waals surface area contributed by atoms with Crippen molar-refractivity contribution in [3.8, 4) is 0 Å². The molecule has 0 spiro atoms. The largest absolute Gasteiger partial charge is 0.453 e. The summed E-state index contributed by atoms with van der Waals surface area (Å²) in [5.74, 6) is -1.20. The van der Waals surface area contributed by atoms with E-state index in [-0.39, 0.29) is 11.5 Å². The van der Waals surface area contributed by atoms with Crippen LogP contribution in [0.3, 0.4) is 0 Å². The number of H-pyrrole nitrogens is 1. The van der Waals surface area contributed by atoms with Crippen LogP contribution in [0.2, 0.25) is 0 Å². The summed E-state index contributed by atoms with van der Waals surface area (Å²) in [5.41, 5.74) is 1.19. The molecule has 160 valence electrons. The lowest BCUT2D eigenvalue weighted by atomic mass is 10.0. The van der Waals surface area contributed by atoms with Gasteiger partial charge in [0, 0.05) is 17.8 Å². The first kappa shape index (κ1) is 22.6. The second-order valence-electron chi connectivity index (χ2n) is 8.46. The molecule has 0 aromatic carbocycles. The van der Waals surface area contributed by atoms with Crippen molar-refractivity contribution >= 4 is 23.6 Å². The van der Waals surface area contributed by atoms with Crippen LogP contribution in [0, 0.1) is 13.8 Å². The van der Waals surface area contributed by atoms with E-state index in [1.807, 2.05) is 0 Å². The monoisotopic (exact) mass is 406 g/mol. The van der Waals surface area contributed by atoms with Crippen molar-refractivity contribution in [2.45, 2.75) is 79.1 Å². The Labute approximate surface area is 170 Å². The average Bonchev–Trinajstić information content (AvgIpc) is 3.17. The van der Waals surface area contributed by atoms with Crippen molar-refractivity contribution in [1.82, 2.24) is 9.88 Å². The van der Waals surface area contributed by atoms with Crippen LogP contribution >= 0.6 is 0 Å². The van der Waals surface area contributed by atoms with E-state index in [1.165, 1.54) is 18.7 Å². The Morgan fingerprint density at radius 2 is 1.79 bits per heavy atom. The zero-order chi connectivity index (χ0) is 22.1. The van der Waals surface area contributed by atoms with Crippen LogP contribution in [0.25, 0.3) is 0 Å². The summed E-state index contributed by atoms with van der Waals surface area (Å²) in [6.07, 6.45) is -0.523. The molecular weight excluding hydrogens is 376 g/mol. The number of aryl methyl sites for hydroxylation is 1. The molecule has 8 nitrogen and oxygen atoms in total. The standard InChI is InChI=1S/C21H30N2O6/c1-11-16(13(3)24)12(2)22-17(11)18(25)14(4)28-19(26)15-9-8-10-23(15)20(27)29-21(5,6)7/h14-15,22H,8-10H2,1-7H3/t14-,15-/m0/s1. The Kier molecular flexibility index (Phi) is 6.55. The van der Waals surface area contributed by atoms with E-state index in [2.05, 4.69) is 4.98 Å². The van der Waals surface area contributed by atoms with Gasteiger partial charge < -0.3 is 14.5 Å². The Bertz CT molecular complexity index is 833. The number of carbonyl (C=O) groups excluding carboxylic acids is 4. The van der Waals surface area contributed by atoms with Gasteiger partial charge in [-0.25, -0.2) is 9.59 Å². The van der Waals surface area contributed by atoms with Crippen molar-refractivity contribution in [1.29, 1.82) is 0 Å². The van der Waals surface area contributed by atoms with Gasteiger partial charge in [0.1, 0.15) is 11.6 Å². The molecule has 1 aromatic heterocycles. The molecular formula is C21H30N2O6. The number of nitrogens with zero attached hydrogens (tertiary/aromatic N) is 1. The van der Waals surface area contributed by atoms with E-state index in [0.717, 1.165) is 0 Å². The Morgan fingerprint density at radius 3 is 2.31 bits per heavy atom. The smallest absolute Gasteiger partial charge is 0.411 e. The number of hydrogen-bond donors (Lipinski definition) is 1. The van der Waals surface area contributed by atoms with Gasteiger partial charge in [0.15, 0.2) is 11.9 Å². The quantitative estimate of drug-likeness (QED) is 0.594. The number of aromatic nitrogens is 1. The zero-order valence-electron chi connectivity index (χ0n) is 18.2.